The molecule has 2 heterocycles. The number of thiophene rings is 1. The number of rotatable bonds is 3. The van der Waals surface area contributed by atoms with Gasteiger partial charge >= 0.3 is 0 Å². The summed E-state index contributed by atoms with van der Waals surface area (Å²) in [7, 11) is 0. The van der Waals surface area contributed by atoms with E-state index in [0.717, 1.165) is 14.3 Å². The molecule has 2 N–H and O–H groups in total. The van der Waals surface area contributed by atoms with E-state index in [4.69, 9.17) is 10.7 Å². The molecule has 5 heteroatoms. The molecule has 1 atom stereocenters. The van der Waals surface area contributed by atoms with Crippen LogP contribution in [0.4, 0.5) is 0 Å². The van der Waals surface area contributed by atoms with Crippen molar-refractivity contribution >= 4 is 48.8 Å². The molecule has 3 rings (SSSR count). The fourth-order valence-electron chi connectivity index (χ4n) is 1.89. The van der Waals surface area contributed by atoms with E-state index in [1.54, 1.807) is 22.7 Å². The van der Waals surface area contributed by atoms with E-state index in [9.17, 15) is 0 Å². The summed E-state index contributed by atoms with van der Waals surface area (Å²) in [6, 6.07) is 12.4. The lowest BCUT2D eigenvalue weighted by Gasteiger charge is -2.08. The molecule has 2 aromatic heterocycles. The van der Waals surface area contributed by atoms with Gasteiger partial charge < -0.3 is 5.73 Å². The van der Waals surface area contributed by atoms with Crippen LogP contribution in [0, 0.1) is 0 Å². The second-order valence-corrected chi connectivity index (χ2v) is 7.51. The Morgan fingerprint density at radius 2 is 2.00 bits per heavy atom. The first kappa shape index (κ1) is 12.3. The van der Waals surface area contributed by atoms with Crippen LogP contribution in [0.25, 0.3) is 10.2 Å². The van der Waals surface area contributed by atoms with Crippen molar-refractivity contribution in [3.05, 3.63) is 50.1 Å². The van der Waals surface area contributed by atoms with Gasteiger partial charge in [0.2, 0.25) is 0 Å². The van der Waals surface area contributed by atoms with Crippen LogP contribution >= 0.6 is 38.6 Å². The van der Waals surface area contributed by atoms with Gasteiger partial charge in [-0.2, -0.15) is 0 Å². The molecular formula is C13H11BrN2S2. The van der Waals surface area contributed by atoms with Gasteiger partial charge in [-0.3, -0.25) is 0 Å². The molecule has 0 saturated heterocycles. The van der Waals surface area contributed by atoms with Crippen molar-refractivity contribution < 1.29 is 0 Å². The Labute approximate surface area is 122 Å². The molecule has 0 amide bonds. The first-order chi connectivity index (χ1) is 8.78. The zero-order valence-corrected chi connectivity index (χ0v) is 12.7. The maximum absolute atomic E-state index is 5.93. The lowest BCUT2D eigenvalue weighted by atomic mass is 10.1. The number of aromatic nitrogens is 1. The largest absolute Gasteiger partial charge is 0.329 e. The van der Waals surface area contributed by atoms with Crippen molar-refractivity contribution in [3.63, 3.8) is 0 Å². The van der Waals surface area contributed by atoms with Crippen molar-refractivity contribution in [1.29, 1.82) is 0 Å². The second-order valence-electron chi connectivity index (χ2n) is 3.95. The molecule has 3 aromatic rings. The number of halogens is 1. The smallest absolute Gasteiger partial charge is 0.103 e. The molecule has 92 valence electrons. The maximum atomic E-state index is 5.93. The van der Waals surface area contributed by atoms with E-state index in [2.05, 4.69) is 34.1 Å². The van der Waals surface area contributed by atoms with E-state index < -0.39 is 0 Å². The van der Waals surface area contributed by atoms with Crippen LogP contribution in [-0.4, -0.2) is 11.5 Å². The fourth-order valence-corrected chi connectivity index (χ4v) is 4.61. The summed E-state index contributed by atoms with van der Waals surface area (Å²) in [6.07, 6.45) is 0. The molecule has 18 heavy (non-hydrogen) atoms. The number of hydrogen-bond donors (Lipinski definition) is 1. The normalized spacial score (nSPS) is 13.0. The molecule has 0 radical (unpaired) electrons. The minimum Gasteiger partial charge on any atom is -0.329 e. The Morgan fingerprint density at radius 3 is 2.67 bits per heavy atom. The minimum absolute atomic E-state index is 0.207. The SMILES string of the molecule is NCC(c1ccc(Br)s1)c1nc2ccccc2s1. The van der Waals surface area contributed by atoms with E-state index in [0.29, 0.717) is 6.54 Å². The number of hydrogen-bond acceptors (Lipinski definition) is 4. The quantitative estimate of drug-likeness (QED) is 0.776. The summed E-state index contributed by atoms with van der Waals surface area (Å²) in [6.45, 7) is 0.590. The van der Waals surface area contributed by atoms with Crippen LogP contribution in [0.3, 0.4) is 0 Å². The van der Waals surface area contributed by atoms with E-state index in [-0.39, 0.29) is 5.92 Å². The Balaban J connectivity index is 2.05. The zero-order chi connectivity index (χ0) is 12.5. The van der Waals surface area contributed by atoms with Gasteiger partial charge in [-0.05, 0) is 40.2 Å². The predicted octanol–water partition coefficient (Wildman–Crippen LogP) is 4.21. The Morgan fingerprint density at radius 1 is 1.17 bits per heavy atom. The zero-order valence-electron chi connectivity index (χ0n) is 9.47. The van der Waals surface area contributed by atoms with Gasteiger partial charge in [-0.15, -0.1) is 22.7 Å². The van der Waals surface area contributed by atoms with Crippen LogP contribution in [0.15, 0.2) is 40.2 Å². The van der Waals surface area contributed by atoms with Crippen LogP contribution in [-0.2, 0) is 0 Å². The molecule has 1 aromatic carbocycles. The third-order valence-electron chi connectivity index (χ3n) is 2.78. The van der Waals surface area contributed by atoms with Crippen molar-refractivity contribution in [3.8, 4) is 0 Å². The molecule has 0 spiro atoms. The molecule has 0 saturated carbocycles. The number of benzene rings is 1. The Hall–Kier alpha value is -0.750. The van der Waals surface area contributed by atoms with Gasteiger partial charge in [0, 0.05) is 11.4 Å². The first-order valence-corrected chi connectivity index (χ1v) is 8.01. The third kappa shape index (κ3) is 2.23. The Kier molecular flexibility index (Phi) is 3.48. The number of para-hydroxylation sites is 1. The summed E-state index contributed by atoms with van der Waals surface area (Å²) in [4.78, 5) is 5.97. The maximum Gasteiger partial charge on any atom is 0.103 e. The highest BCUT2D eigenvalue weighted by Gasteiger charge is 2.18. The van der Waals surface area contributed by atoms with Gasteiger partial charge in [0.25, 0.3) is 0 Å². The summed E-state index contributed by atoms with van der Waals surface area (Å²) >= 11 is 6.96. The standard InChI is InChI=1S/C13H11BrN2S2/c14-12-6-5-10(17-12)8(7-15)13-16-9-3-1-2-4-11(9)18-13/h1-6,8H,7,15H2. The molecule has 0 aliphatic carbocycles. The summed E-state index contributed by atoms with van der Waals surface area (Å²) in [5.74, 6) is 0.207. The monoisotopic (exact) mass is 338 g/mol. The highest BCUT2D eigenvalue weighted by atomic mass is 79.9. The van der Waals surface area contributed by atoms with Crippen LogP contribution in [0.2, 0.25) is 0 Å². The summed E-state index contributed by atoms with van der Waals surface area (Å²) in [5, 5.41) is 1.10. The molecule has 1 unspecified atom stereocenters. The fraction of sp³-hybridized carbons (Fsp3) is 0.154. The molecule has 0 aliphatic rings. The van der Waals surface area contributed by atoms with Crippen molar-refractivity contribution in [2.45, 2.75) is 5.92 Å². The molecular weight excluding hydrogens is 328 g/mol. The summed E-state index contributed by atoms with van der Waals surface area (Å²) < 4.78 is 2.36. The number of fused-ring (bicyclic) bond motifs is 1. The van der Waals surface area contributed by atoms with E-state index >= 15 is 0 Å². The highest BCUT2D eigenvalue weighted by molar-refractivity contribution is 9.11. The van der Waals surface area contributed by atoms with Crippen molar-refractivity contribution in [1.82, 2.24) is 4.98 Å². The minimum atomic E-state index is 0.207. The highest BCUT2D eigenvalue weighted by Crippen LogP contribution is 2.35. The van der Waals surface area contributed by atoms with Gasteiger partial charge in [-0.25, -0.2) is 4.98 Å². The number of nitrogens with two attached hydrogens (primary N) is 1. The summed E-state index contributed by atoms with van der Waals surface area (Å²) in [5.41, 5.74) is 6.99. The lowest BCUT2D eigenvalue weighted by molar-refractivity contribution is 0.828. The van der Waals surface area contributed by atoms with Crippen molar-refractivity contribution in [2.24, 2.45) is 5.73 Å². The van der Waals surface area contributed by atoms with Gasteiger partial charge in [0.1, 0.15) is 5.01 Å². The lowest BCUT2D eigenvalue weighted by Crippen LogP contribution is -2.12. The number of nitrogens with zero attached hydrogens (tertiary/aromatic N) is 1. The predicted molar refractivity (Wildman–Crippen MR) is 82.5 cm³/mol. The molecule has 0 bridgehead atoms. The first-order valence-electron chi connectivity index (χ1n) is 5.58. The molecule has 0 fully saturated rings. The molecule has 0 aliphatic heterocycles. The average Bonchev–Trinajstić information content (AvgIpc) is 2.96. The van der Waals surface area contributed by atoms with Crippen LogP contribution in [0.5, 0.6) is 0 Å². The second kappa shape index (κ2) is 5.09. The third-order valence-corrected chi connectivity index (χ3v) is 5.67. The van der Waals surface area contributed by atoms with Gasteiger partial charge in [0.05, 0.1) is 19.9 Å². The van der Waals surface area contributed by atoms with Crippen LogP contribution < -0.4 is 5.73 Å². The van der Waals surface area contributed by atoms with Crippen LogP contribution in [0.1, 0.15) is 15.8 Å². The van der Waals surface area contributed by atoms with Crippen molar-refractivity contribution in [2.75, 3.05) is 6.54 Å². The van der Waals surface area contributed by atoms with Gasteiger partial charge in [0.15, 0.2) is 0 Å². The Bertz CT molecular complexity index is 641. The number of thiazole rings is 1. The van der Waals surface area contributed by atoms with E-state index in [1.165, 1.54) is 9.58 Å². The van der Waals surface area contributed by atoms with Gasteiger partial charge in [-0.1, -0.05) is 12.1 Å². The topological polar surface area (TPSA) is 38.9 Å². The molecule has 2 nitrogen and oxygen atoms in total. The van der Waals surface area contributed by atoms with E-state index in [1.807, 2.05) is 18.2 Å². The average molecular weight is 339 g/mol.